The molecule has 1 heterocycles. The van der Waals surface area contributed by atoms with Crippen LogP contribution in [0.5, 0.6) is 0 Å². The van der Waals surface area contributed by atoms with Gasteiger partial charge in [0.05, 0.1) is 11.2 Å². The van der Waals surface area contributed by atoms with Gasteiger partial charge in [-0.3, -0.25) is 0 Å². The molecule has 0 aliphatic carbocycles. The van der Waals surface area contributed by atoms with Gasteiger partial charge in [0, 0.05) is 4.73 Å². The Morgan fingerprint density at radius 3 is 1.58 bits per heavy atom. The molecule has 0 bridgehead atoms. The van der Waals surface area contributed by atoms with Gasteiger partial charge in [0.2, 0.25) is 0 Å². The van der Waals surface area contributed by atoms with E-state index in [2.05, 4.69) is 43.6 Å². The lowest BCUT2D eigenvalue weighted by Crippen LogP contribution is -2.41. The lowest BCUT2D eigenvalue weighted by molar-refractivity contribution is 0.00578. The maximum absolute atomic E-state index is 5.76. The fraction of sp³-hybridized carbons (Fsp3) is 1.00. The van der Waals surface area contributed by atoms with Gasteiger partial charge >= 0.3 is 7.12 Å². The predicted octanol–water partition coefficient (Wildman–Crippen LogP) is 2.40. The zero-order valence-electron chi connectivity index (χ0n) is 8.35. The lowest BCUT2D eigenvalue weighted by atomic mass is 9.86. The summed E-state index contributed by atoms with van der Waals surface area (Å²) in [7, 11) is -0.130. The molecule has 0 spiro atoms. The topological polar surface area (TPSA) is 18.5 Å². The molecule has 2 nitrogen and oxygen atoms in total. The average molecular weight is 235 g/mol. The first-order valence-corrected chi connectivity index (χ1v) is 5.17. The summed E-state index contributed by atoms with van der Waals surface area (Å²) in [5.74, 6) is 0. The van der Waals surface area contributed by atoms with Crippen molar-refractivity contribution in [3.05, 3.63) is 0 Å². The molecule has 1 unspecified atom stereocenters. The Kier molecular flexibility index (Phi) is 2.63. The Morgan fingerprint density at radius 2 is 1.42 bits per heavy atom. The van der Waals surface area contributed by atoms with Gasteiger partial charge in [0.1, 0.15) is 0 Å². The second-order valence-corrected chi connectivity index (χ2v) is 5.75. The van der Waals surface area contributed by atoms with Crippen molar-refractivity contribution in [3.8, 4) is 0 Å². The zero-order valence-corrected chi connectivity index (χ0v) is 9.94. The first-order valence-electron chi connectivity index (χ1n) is 4.26. The highest BCUT2D eigenvalue weighted by molar-refractivity contribution is 9.10. The molecule has 0 aromatic carbocycles. The summed E-state index contributed by atoms with van der Waals surface area (Å²) < 4.78 is 11.7. The van der Waals surface area contributed by atoms with Gasteiger partial charge in [0.25, 0.3) is 0 Å². The predicted molar refractivity (Wildman–Crippen MR) is 54.5 cm³/mol. The highest BCUT2D eigenvalue weighted by atomic mass is 79.9. The van der Waals surface area contributed by atoms with Crippen LogP contribution in [0.4, 0.5) is 0 Å². The van der Waals surface area contributed by atoms with Gasteiger partial charge in [-0.2, -0.15) is 0 Å². The van der Waals surface area contributed by atoms with E-state index >= 15 is 0 Å². The smallest absolute Gasteiger partial charge is 0.403 e. The molecule has 1 aliphatic heterocycles. The van der Waals surface area contributed by atoms with E-state index < -0.39 is 0 Å². The van der Waals surface area contributed by atoms with Crippen molar-refractivity contribution in [1.29, 1.82) is 0 Å². The Morgan fingerprint density at radius 1 is 1.08 bits per heavy atom. The molecule has 0 saturated carbocycles. The third kappa shape index (κ3) is 1.70. The molecule has 0 radical (unpaired) electrons. The van der Waals surface area contributed by atoms with Crippen LogP contribution >= 0.6 is 15.9 Å². The van der Waals surface area contributed by atoms with E-state index in [1.165, 1.54) is 0 Å². The summed E-state index contributed by atoms with van der Waals surface area (Å²) in [5, 5.41) is 0. The molecule has 70 valence electrons. The van der Waals surface area contributed by atoms with E-state index in [0.29, 0.717) is 0 Å². The standard InChI is InChI=1S/C8H16BBrO2/c1-6(10)9-11-7(2,3)8(4,5)12-9/h6H,1-5H3. The highest BCUT2D eigenvalue weighted by Crippen LogP contribution is 2.38. The van der Waals surface area contributed by atoms with E-state index in [9.17, 15) is 0 Å². The second-order valence-electron chi connectivity index (χ2n) is 4.30. The Hall–Kier alpha value is 0.465. The van der Waals surface area contributed by atoms with Gasteiger partial charge in [-0.15, -0.1) is 0 Å². The van der Waals surface area contributed by atoms with Crippen molar-refractivity contribution >= 4 is 23.0 Å². The van der Waals surface area contributed by atoms with Crippen LogP contribution in [-0.4, -0.2) is 23.0 Å². The molecule has 1 saturated heterocycles. The Balaban J connectivity index is 2.74. The minimum absolute atomic E-state index is 0.130. The Labute approximate surface area is 83.3 Å². The van der Waals surface area contributed by atoms with Crippen LogP contribution in [0.25, 0.3) is 0 Å². The molecule has 1 aliphatic rings. The summed E-state index contributed by atoms with van der Waals surface area (Å²) in [6.45, 7) is 10.3. The van der Waals surface area contributed by atoms with Gasteiger partial charge in [0.15, 0.2) is 0 Å². The quantitative estimate of drug-likeness (QED) is 0.513. The molecule has 12 heavy (non-hydrogen) atoms. The second kappa shape index (κ2) is 3.00. The zero-order chi connectivity index (χ0) is 9.57. The first-order chi connectivity index (χ1) is 5.26. The number of hydrogen-bond donors (Lipinski definition) is 0. The molecular formula is C8H16BBrO2. The third-order valence-corrected chi connectivity index (χ3v) is 3.08. The van der Waals surface area contributed by atoms with Gasteiger partial charge in [-0.05, 0) is 27.7 Å². The minimum Gasteiger partial charge on any atom is -0.403 e. The minimum atomic E-state index is -0.209. The van der Waals surface area contributed by atoms with Gasteiger partial charge in [-0.25, -0.2) is 0 Å². The van der Waals surface area contributed by atoms with E-state index in [4.69, 9.17) is 9.31 Å². The summed E-state index contributed by atoms with van der Waals surface area (Å²) >= 11 is 3.45. The van der Waals surface area contributed by atoms with E-state index in [1.54, 1.807) is 0 Å². The average Bonchev–Trinajstić information content (AvgIpc) is 2.03. The molecule has 0 N–H and O–H groups in total. The SMILES string of the molecule is CC(Br)B1OC(C)(C)C(C)(C)O1. The van der Waals surface area contributed by atoms with Crippen LogP contribution in [0.3, 0.4) is 0 Å². The van der Waals surface area contributed by atoms with Crippen molar-refractivity contribution in [2.75, 3.05) is 0 Å². The normalized spacial score (nSPS) is 29.0. The Bertz CT molecular complexity index is 164. The van der Waals surface area contributed by atoms with Crippen molar-refractivity contribution in [2.45, 2.75) is 50.5 Å². The summed E-state index contributed by atoms with van der Waals surface area (Å²) in [4.78, 5) is 0. The molecule has 4 heteroatoms. The fourth-order valence-electron chi connectivity index (χ4n) is 1.08. The summed E-state index contributed by atoms with van der Waals surface area (Å²) in [6, 6.07) is 0. The van der Waals surface area contributed by atoms with E-state index in [-0.39, 0.29) is 23.0 Å². The van der Waals surface area contributed by atoms with Crippen molar-refractivity contribution in [3.63, 3.8) is 0 Å². The molecule has 1 atom stereocenters. The number of hydrogen-bond acceptors (Lipinski definition) is 2. The van der Waals surface area contributed by atoms with Crippen molar-refractivity contribution in [2.24, 2.45) is 0 Å². The largest absolute Gasteiger partial charge is 0.472 e. The van der Waals surface area contributed by atoms with E-state index in [0.717, 1.165) is 0 Å². The van der Waals surface area contributed by atoms with Crippen LogP contribution in [0.1, 0.15) is 34.6 Å². The fourth-order valence-corrected chi connectivity index (χ4v) is 1.29. The lowest BCUT2D eigenvalue weighted by Gasteiger charge is -2.32. The van der Waals surface area contributed by atoms with Crippen LogP contribution in [0.2, 0.25) is 0 Å². The van der Waals surface area contributed by atoms with Crippen LogP contribution < -0.4 is 0 Å². The van der Waals surface area contributed by atoms with Crippen LogP contribution in [-0.2, 0) is 9.31 Å². The number of halogens is 1. The number of rotatable bonds is 1. The summed E-state index contributed by atoms with van der Waals surface area (Å²) in [5.41, 5.74) is -0.417. The molecule has 0 aromatic heterocycles. The van der Waals surface area contributed by atoms with Crippen molar-refractivity contribution in [1.82, 2.24) is 0 Å². The molecule has 0 aromatic rings. The monoisotopic (exact) mass is 234 g/mol. The first kappa shape index (κ1) is 10.5. The molecule has 1 rings (SSSR count). The van der Waals surface area contributed by atoms with Gasteiger partial charge in [-0.1, -0.05) is 22.9 Å². The maximum atomic E-state index is 5.76. The molecular weight excluding hydrogens is 219 g/mol. The molecule has 0 amide bonds. The third-order valence-electron chi connectivity index (χ3n) is 2.65. The molecule has 1 fully saturated rings. The maximum Gasteiger partial charge on any atom is 0.472 e. The van der Waals surface area contributed by atoms with E-state index in [1.807, 2.05) is 6.92 Å². The van der Waals surface area contributed by atoms with Crippen LogP contribution in [0, 0.1) is 0 Å². The van der Waals surface area contributed by atoms with Gasteiger partial charge < -0.3 is 9.31 Å². The number of alkyl halides is 1. The van der Waals surface area contributed by atoms with Crippen LogP contribution in [0.15, 0.2) is 0 Å². The highest BCUT2D eigenvalue weighted by Gasteiger charge is 2.52. The summed E-state index contributed by atoms with van der Waals surface area (Å²) in [6.07, 6.45) is 0. The van der Waals surface area contributed by atoms with Crippen molar-refractivity contribution < 1.29 is 9.31 Å².